The first-order valence-electron chi connectivity index (χ1n) is 10.00. The first kappa shape index (κ1) is 22.1. The van der Waals surface area contributed by atoms with Gasteiger partial charge >= 0.3 is 0 Å². The zero-order chi connectivity index (χ0) is 22.8. The van der Waals surface area contributed by atoms with E-state index in [1.54, 1.807) is 12.1 Å². The molecular weight excluding hydrogens is 448 g/mol. The van der Waals surface area contributed by atoms with Gasteiger partial charge in [0, 0.05) is 22.9 Å². The predicted octanol–water partition coefficient (Wildman–Crippen LogP) is 4.40. The molecule has 3 aromatic rings. The van der Waals surface area contributed by atoms with Crippen molar-refractivity contribution in [2.75, 3.05) is 10.6 Å². The van der Waals surface area contributed by atoms with Gasteiger partial charge in [-0.05, 0) is 48.7 Å². The first-order valence-corrected chi connectivity index (χ1v) is 11.4. The van der Waals surface area contributed by atoms with Crippen LogP contribution in [0.25, 0.3) is 0 Å². The monoisotopic (exact) mass is 468 g/mol. The maximum Gasteiger partial charge on any atom is 0.257 e. The Bertz CT molecular complexity index is 1270. The molecule has 32 heavy (non-hydrogen) atoms. The highest BCUT2D eigenvalue weighted by Crippen LogP contribution is 2.31. The molecule has 164 valence electrons. The van der Waals surface area contributed by atoms with Crippen LogP contribution >= 0.6 is 23.4 Å². The molecule has 2 heterocycles. The third-order valence-corrected chi connectivity index (χ3v) is 6.63. The van der Waals surface area contributed by atoms with Gasteiger partial charge in [-0.3, -0.25) is 14.4 Å². The van der Waals surface area contributed by atoms with Gasteiger partial charge in [0.2, 0.25) is 11.8 Å². The maximum atomic E-state index is 13.0. The van der Waals surface area contributed by atoms with E-state index in [0.29, 0.717) is 21.6 Å². The Hall–Kier alpha value is -3.10. The molecule has 0 fully saturated rings. The molecule has 9 heteroatoms. The second-order valence-corrected chi connectivity index (χ2v) is 8.98. The first-order chi connectivity index (χ1) is 15.3. The van der Waals surface area contributed by atoms with Crippen LogP contribution in [0.1, 0.15) is 34.6 Å². The van der Waals surface area contributed by atoms with Crippen LogP contribution in [0.4, 0.5) is 11.5 Å². The number of halogens is 1. The SMILES string of the molecule is Cc1ccc(NC(=O)[C@H]2CC(=O)Nc3nc(SCc4ccccc4Cl)[nH]c(=O)c32)cc1C. The zero-order valence-electron chi connectivity index (χ0n) is 17.5. The van der Waals surface area contributed by atoms with Crippen molar-refractivity contribution >= 4 is 46.7 Å². The summed E-state index contributed by atoms with van der Waals surface area (Å²) in [4.78, 5) is 45.2. The normalized spacial score (nSPS) is 15.1. The van der Waals surface area contributed by atoms with Gasteiger partial charge in [-0.15, -0.1) is 0 Å². The quantitative estimate of drug-likeness (QED) is 0.380. The molecule has 1 aromatic heterocycles. The summed E-state index contributed by atoms with van der Waals surface area (Å²) in [6.45, 7) is 3.93. The van der Waals surface area contributed by atoms with Gasteiger partial charge in [0.1, 0.15) is 5.82 Å². The van der Waals surface area contributed by atoms with E-state index in [2.05, 4.69) is 20.6 Å². The number of thioether (sulfide) groups is 1. The number of aromatic nitrogens is 2. The molecule has 2 aromatic carbocycles. The Balaban J connectivity index is 1.58. The van der Waals surface area contributed by atoms with Gasteiger partial charge < -0.3 is 15.6 Å². The number of carbonyl (C=O) groups is 2. The van der Waals surface area contributed by atoms with Crippen molar-refractivity contribution in [1.29, 1.82) is 0 Å². The standard InChI is InChI=1S/C23H21ClN4O3S/c1-12-7-8-15(9-13(12)2)25-21(30)16-10-18(29)26-20-19(16)22(31)28-23(27-20)32-11-14-5-3-4-6-17(14)24/h3-9,16H,10-11H2,1-2H3,(H,25,30)(H2,26,27,28,29,31)/t16-/m0/s1. The van der Waals surface area contributed by atoms with Gasteiger partial charge in [0.15, 0.2) is 5.16 Å². The molecular formula is C23H21ClN4O3S. The van der Waals surface area contributed by atoms with Gasteiger partial charge in [0.05, 0.1) is 11.5 Å². The van der Waals surface area contributed by atoms with E-state index in [9.17, 15) is 14.4 Å². The molecule has 3 N–H and O–H groups in total. The van der Waals surface area contributed by atoms with E-state index in [-0.39, 0.29) is 23.7 Å². The summed E-state index contributed by atoms with van der Waals surface area (Å²) >= 11 is 7.48. The summed E-state index contributed by atoms with van der Waals surface area (Å²) < 4.78 is 0. The van der Waals surface area contributed by atoms with Crippen molar-refractivity contribution < 1.29 is 9.59 Å². The van der Waals surface area contributed by atoms with Crippen LogP contribution in [0.5, 0.6) is 0 Å². The number of H-pyrrole nitrogens is 1. The second kappa shape index (κ2) is 9.18. The van der Waals surface area contributed by atoms with Gasteiger partial charge in [0.25, 0.3) is 5.56 Å². The fourth-order valence-electron chi connectivity index (χ4n) is 3.45. The summed E-state index contributed by atoms with van der Waals surface area (Å²) in [5.41, 5.74) is 3.36. The number of fused-ring (bicyclic) bond motifs is 1. The summed E-state index contributed by atoms with van der Waals surface area (Å²) in [6.07, 6.45) is -0.124. The maximum absolute atomic E-state index is 13.0. The van der Waals surface area contributed by atoms with Gasteiger partial charge in [-0.25, -0.2) is 4.98 Å². The van der Waals surface area contributed by atoms with Crippen molar-refractivity contribution in [3.8, 4) is 0 Å². The van der Waals surface area contributed by atoms with Crippen molar-refractivity contribution in [2.24, 2.45) is 0 Å². The summed E-state index contributed by atoms with van der Waals surface area (Å²) in [6, 6.07) is 13.0. The van der Waals surface area contributed by atoms with E-state index < -0.39 is 17.4 Å². The van der Waals surface area contributed by atoms with Crippen molar-refractivity contribution in [3.05, 3.63) is 80.1 Å². The molecule has 0 radical (unpaired) electrons. The molecule has 1 aliphatic heterocycles. The van der Waals surface area contributed by atoms with Gasteiger partial charge in [-0.2, -0.15) is 0 Å². The number of carbonyl (C=O) groups excluding carboxylic acids is 2. The Labute approximate surface area is 194 Å². The molecule has 7 nitrogen and oxygen atoms in total. The van der Waals surface area contributed by atoms with Crippen LogP contribution in [0.3, 0.4) is 0 Å². The highest BCUT2D eigenvalue weighted by atomic mass is 35.5. The Morgan fingerprint density at radius 1 is 1.19 bits per heavy atom. The summed E-state index contributed by atoms with van der Waals surface area (Å²) in [5.74, 6) is -1.11. The number of amides is 2. The van der Waals surface area contributed by atoms with E-state index >= 15 is 0 Å². The van der Waals surface area contributed by atoms with E-state index in [1.807, 2.05) is 44.2 Å². The molecule has 4 rings (SSSR count). The molecule has 0 bridgehead atoms. The second-order valence-electron chi connectivity index (χ2n) is 7.61. The number of aromatic amines is 1. The lowest BCUT2D eigenvalue weighted by Crippen LogP contribution is -2.36. The average molecular weight is 469 g/mol. The smallest absolute Gasteiger partial charge is 0.257 e. The number of nitrogens with one attached hydrogen (secondary N) is 3. The van der Waals surface area contributed by atoms with Crippen molar-refractivity contribution in [1.82, 2.24) is 9.97 Å². The molecule has 0 saturated carbocycles. The number of aryl methyl sites for hydroxylation is 2. The third kappa shape index (κ3) is 4.71. The largest absolute Gasteiger partial charge is 0.326 e. The molecule has 1 atom stereocenters. The average Bonchev–Trinajstić information content (AvgIpc) is 2.75. The molecule has 1 aliphatic rings. The van der Waals surface area contributed by atoms with Crippen LogP contribution < -0.4 is 16.2 Å². The van der Waals surface area contributed by atoms with E-state index in [1.165, 1.54) is 11.8 Å². The summed E-state index contributed by atoms with van der Waals surface area (Å²) in [5, 5.41) is 6.40. The van der Waals surface area contributed by atoms with Crippen LogP contribution in [0.2, 0.25) is 5.02 Å². The molecule has 0 aliphatic carbocycles. The van der Waals surface area contributed by atoms with Crippen molar-refractivity contribution in [3.63, 3.8) is 0 Å². The van der Waals surface area contributed by atoms with Crippen LogP contribution in [-0.2, 0) is 15.3 Å². The summed E-state index contributed by atoms with van der Waals surface area (Å²) in [7, 11) is 0. The lowest BCUT2D eigenvalue weighted by molar-refractivity contribution is -0.123. The highest BCUT2D eigenvalue weighted by Gasteiger charge is 2.34. The minimum atomic E-state index is -0.931. The molecule has 0 spiro atoms. The Morgan fingerprint density at radius 2 is 1.97 bits per heavy atom. The predicted molar refractivity (Wildman–Crippen MR) is 126 cm³/mol. The third-order valence-electron chi connectivity index (χ3n) is 5.34. The fourth-order valence-corrected chi connectivity index (χ4v) is 4.60. The lowest BCUT2D eigenvalue weighted by Gasteiger charge is -2.23. The van der Waals surface area contributed by atoms with E-state index in [0.717, 1.165) is 16.7 Å². The number of rotatable bonds is 5. The van der Waals surface area contributed by atoms with Crippen molar-refractivity contribution in [2.45, 2.75) is 37.1 Å². The number of hydrogen-bond acceptors (Lipinski definition) is 5. The number of anilines is 2. The van der Waals surface area contributed by atoms with Crippen LogP contribution in [-0.4, -0.2) is 21.8 Å². The topological polar surface area (TPSA) is 104 Å². The molecule has 2 amide bonds. The minimum absolute atomic E-state index is 0.117. The number of benzene rings is 2. The Morgan fingerprint density at radius 3 is 2.72 bits per heavy atom. The number of nitrogens with zero attached hydrogens (tertiary/aromatic N) is 1. The zero-order valence-corrected chi connectivity index (χ0v) is 19.1. The lowest BCUT2D eigenvalue weighted by atomic mass is 9.92. The minimum Gasteiger partial charge on any atom is -0.326 e. The fraction of sp³-hybridized carbons (Fsp3) is 0.217. The molecule has 0 saturated heterocycles. The van der Waals surface area contributed by atoms with Crippen LogP contribution in [0.15, 0.2) is 52.4 Å². The van der Waals surface area contributed by atoms with E-state index in [4.69, 9.17) is 11.6 Å². The van der Waals surface area contributed by atoms with Gasteiger partial charge in [-0.1, -0.05) is 47.6 Å². The number of hydrogen-bond donors (Lipinski definition) is 3. The Kier molecular flexibility index (Phi) is 6.34. The highest BCUT2D eigenvalue weighted by molar-refractivity contribution is 7.98. The van der Waals surface area contributed by atoms with Crippen LogP contribution in [0, 0.1) is 13.8 Å². The molecule has 0 unspecified atom stereocenters.